The zero-order valence-corrected chi connectivity index (χ0v) is 14.8. The van der Waals surface area contributed by atoms with E-state index < -0.39 is 11.9 Å². The molecule has 0 radical (unpaired) electrons. The van der Waals surface area contributed by atoms with Gasteiger partial charge in [0.05, 0.1) is 24.4 Å². The fourth-order valence-corrected chi connectivity index (χ4v) is 2.98. The van der Waals surface area contributed by atoms with Crippen LogP contribution in [0.25, 0.3) is 5.57 Å². The van der Waals surface area contributed by atoms with Crippen LogP contribution in [0.15, 0.2) is 54.1 Å². The summed E-state index contributed by atoms with van der Waals surface area (Å²) in [5.74, 6) is -1.19. The molecule has 0 N–H and O–H groups in total. The molecule has 2 aromatic rings. The van der Waals surface area contributed by atoms with E-state index in [4.69, 9.17) is 16.3 Å². The Bertz CT molecular complexity index is 942. The van der Waals surface area contributed by atoms with Crippen molar-refractivity contribution < 1.29 is 14.3 Å². The Balaban J connectivity index is 2.07. The molecule has 0 atom stereocenters. The Kier molecular flexibility index (Phi) is 5.06. The highest BCUT2D eigenvalue weighted by molar-refractivity contribution is 6.36. The van der Waals surface area contributed by atoms with Gasteiger partial charge in [0.2, 0.25) is 0 Å². The number of carbonyl (C=O) groups excluding carboxylic acids is 2. The summed E-state index contributed by atoms with van der Waals surface area (Å²) in [6.07, 6.45) is 0. The van der Waals surface area contributed by atoms with Gasteiger partial charge in [-0.1, -0.05) is 41.9 Å². The van der Waals surface area contributed by atoms with Gasteiger partial charge in [0, 0.05) is 10.6 Å². The third-order valence-electron chi connectivity index (χ3n) is 4.02. The fourth-order valence-electron chi connectivity index (χ4n) is 2.86. The lowest BCUT2D eigenvalue weighted by molar-refractivity contribution is -0.138. The van der Waals surface area contributed by atoms with Crippen LogP contribution < -0.4 is 4.90 Å². The topological polar surface area (TPSA) is 70.4 Å². The van der Waals surface area contributed by atoms with E-state index in [-0.39, 0.29) is 17.8 Å². The molecule has 3 rings (SSSR count). The first-order valence-corrected chi connectivity index (χ1v) is 8.41. The maximum atomic E-state index is 13.0. The second-order valence-corrected chi connectivity index (χ2v) is 6.05. The minimum Gasteiger partial charge on any atom is -0.462 e. The number of fused-ring (bicyclic) bond motifs is 1. The van der Waals surface area contributed by atoms with Gasteiger partial charge >= 0.3 is 5.97 Å². The predicted octanol–water partition coefficient (Wildman–Crippen LogP) is 3.73. The van der Waals surface area contributed by atoms with Crippen molar-refractivity contribution in [2.45, 2.75) is 13.5 Å². The molecular weight excluding hydrogens is 352 g/mol. The summed E-state index contributed by atoms with van der Waals surface area (Å²) in [4.78, 5) is 26.7. The van der Waals surface area contributed by atoms with Crippen molar-refractivity contribution in [1.29, 1.82) is 5.26 Å². The summed E-state index contributed by atoms with van der Waals surface area (Å²) in [6, 6.07) is 16.1. The second kappa shape index (κ2) is 7.42. The van der Waals surface area contributed by atoms with Crippen molar-refractivity contribution in [2.24, 2.45) is 0 Å². The minimum absolute atomic E-state index is 0.0792. The summed E-state index contributed by atoms with van der Waals surface area (Å²) >= 11 is 5.91. The van der Waals surface area contributed by atoms with Gasteiger partial charge in [-0.2, -0.15) is 5.26 Å². The van der Waals surface area contributed by atoms with Gasteiger partial charge in [-0.05, 0) is 30.7 Å². The van der Waals surface area contributed by atoms with Gasteiger partial charge in [-0.15, -0.1) is 0 Å². The number of rotatable bonds is 4. The van der Waals surface area contributed by atoms with E-state index in [0.717, 1.165) is 5.56 Å². The first-order chi connectivity index (χ1) is 12.6. The standard InChI is InChI=1S/C20H15ClN2O3/c1-2-26-20(25)16(11-22)18-15-5-3-4-6-17(15)23(19(18)24)12-13-7-9-14(21)10-8-13/h3-10H,2,12H2,1H3/b18-16+. The number of esters is 1. The summed E-state index contributed by atoms with van der Waals surface area (Å²) < 4.78 is 4.93. The highest BCUT2D eigenvalue weighted by Gasteiger charge is 2.36. The summed E-state index contributed by atoms with van der Waals surface area (Å²) in [7, 11) is 0. The van der Waals surface area contributed by atoms with Crippen LogP contribution >= 0.6 is 11.6 Å². The maximum absolute atomic E-state index is 13.0. The first kappa shape index (κ1) is 17.7. The smallest absolute Gasteiger partial charge is 0.349 e. The Morgan fingerprint density at radius 3 is 2.54 bits per heavy atom. The maximum Gasteiger partial charge on any atom is 0.349 e. The molecule has 1 aliphatic heterocycles. The zero-order chi connectivity index (χ0) is 18.7. The van der Waals surface area contributed by atoms with E-state index in [1.165, 1.54) is 0 Å². The third-order valence-corrected chi connectivity index (χ3v) is 4.27. The van der Waals surface area contributed by atoms with E-state index >= 15 is 0 Å². The number of benzene rings is 2. The monoisotopic (exact) mass is 366 g/mol. The molecule has 0 bridgehead atoms. The second-order valence-electron chi connectivity index (χ2n) is 5.62. The van der Waals surface area contributed by atoms with Crippen molar-refractivity contribution >= 4 is 34.7 Å². The van der Waals surface area contributed by atoms with Gasteiger partial charge in [-0.25, -0.2) is 4.79 Å². The van der Waals surface area contributed by atoms with Crippen LogP contribution in [0, 0.1) is 11.3 Å². The Morgan fingerprint density at radius 2 is 1.88 bits per heavy atom. The molecule has 130 valence electrons. The van der Waals surface area contributed by atoms with Crippen molar-refractivity contribution in [1.82, 2.24) is 0 Å². The number of para-hydroxylation sites is 1. The van der Waals surface area contributed by atoms with Crippen molar-refractivity contribution in [3.05, 3.63) is 70.3 Å². The molecule has 0 saturated carbocycles. The largest absolute Gasteiger partial charge is 0.462 e. The van der Waals surface area contributed by atoms with Gasteiger partial charge < -0.3 is 9.64 Å². The normalized spacial score (nSPS) is 14.7. The minimum atomic E-state index is -0.790. The van der Waals surface area contributed by atoms with Crippen LogP contribution in [-0.2, 0) is 20.9 Å². The molecule has 1 amide bonds. The molecule has 0 unspecified atom stereocenters. The van der Waals surface area contributed by atoms with Crippen molar-refractivity contribution in [2.75, 3.05) is 11.5 Å². The van der Waals surface area contributed by atoms with E-state index in [0.29, 0.717) is 22.8 Å². The number of nitriles is 1. The zero-order valence-electron chi connectivity index (χ0n) is 14.0. The molecule has 1 heterocycles. The lowest BCUT2D eigenvalue weighted by Gasteiger charge is -2.17. The molecule has 0 fully saturated rings. The van der Waals surface area contributed by atoms with Crippen LogP contribution in [0.4, 0.5) is 5.69 Å². The molecular formula is C20H15ClN2O3. The van der Waals surface area contributed by atoms with Gasteiger partial charge in [-0.3, -0.25) is 4.79 Å². The highest BCUT2D eigenvalue weighted by atomic mass is 35.5. The van der Waals surface area contributed by atoms with E-state index in [1.807, 2.05) is 18.2 Å². The number of anilines is 1. The average molecular weight is 367 g/mol. The van der Waals surface area contributed by atoms with Crippen LogP contribution in [0.1, 0.15) is 18.1 Å². The average Bonchev–Trinajstić information content (AvgIpc) is 2.91. The number of hydrogen-bond acceptors (Lipinski definition) is 4. The Hall–Kier alpha value is -3.10. The van der Waals surface area contributed by atoms with Crippen LogP contribution in [0.2, 0.25) is 5.02 Å². The predicted molar refractivity (Wildman–Crippen MR) is 98.3 cm³/mol. The molecule has 1 aliphatic rings. The van der Waals surface area contributed by atoms with Crippen molar-refractivity contribution in [3.63, 3.8) is 0 Å². The van der Waals surface area contributed by atoms with Gasteiger partial charge in [0.1, 0.15) is 6.07 Å². The summed E-state index contributed by atoms with van der Waals surface area (Å²) in [5.41, 5.74) is 1.89. The van der Waals surface area contributed by atoms with E-state index in [1.54, 1.807) is 48.2 Å². The number of ether oxygens (including phenoxy) is 1. The van der Waals surface area contributed by atoms with E-state index in [2.05, 4.69) is 0 Å². The number of halogens is 1. The number of carbonyl (C=O) groups is 2. The third kappa shape index (κ3) is 3.19. The van der Waals surface area contributed by atoms with Gasteiger partial charge in [0.25, 0.3) is 5.91 Å². The number of nitrogens with zero attached hydrogens (tertiary/aromatic N) is 2. The molecule has 5 nitrogen and oxygen atoms in total. The molecule has 0 aliphatic carbocycles. The summed E-state index contributed by atoms with van der Waals surface area (Å²) in [6.45, 7) is 2.08. The molecule has 0 aromatic heterocycles. The molecule has 0 saturated heterocycles. The Labute approximate surface area is 156 Å². The Morgan fingerprint density at radius 1 is 1.19 bits per heavy atom. The quantitative estimate of drug-likeness (QED) is 0.469. The highest BCUT2D eigenvalue weighted by Crippen LogP contribution is 2.39. The lowest BCUT2D eigenvalue weighted by atomic mass is 10.0. The van der Waals surface area contributed by atoms with Crippen LogP contribution in [0.5, 0.6) is 0 Å². The van der Waals surface area contributed by atoms with Crippen molar-refractivity contribution in [3.8, 4) is 6.07 Å². The number of hydrogen-bond donors (Lipinski definition) is 0. The molecule has 6 heteroatoms. The molecule has 2 aromatic carbocycles. The lowest BCUT2D eigenvalue weighted by Crippen LogP contribution is -2.26. The summed E-state index contributed by atoms with van der Waals surface area (Å²) in [5, 5.41) is 10.0. The fraction of sp³-hybridized carbons (Fsp3) is 0.150. The van der Waals surface area contributed by atoms with Crippen LogP contribution in [0.3, 0.4) is 0 Å². The molecule has 0 spiro atoms. The van der Waals surface area contributed by atoms with Crippen LogP contribution in [-0.4, -0.2) is 18.5 Å². The first-order valence-electron chi connectivity index (χ1n) is 8.04. The molecule has 26 heavy (non-hydrogen) atoms. The SMILES string of the molecule is CCOC(=O)/C(C#N)=C1/C(=O)N(Cc2ccc(Cl)cc2)c2ccccc21. The number of amides is 1. The van der Waals surface area contributed by atoms with E-state index in [9.17, 15) is 14.9 Å². The van der Waals surface area contributed by atoms with Gasteiger partial charge in [0.15, 0.2) is 5.57 Å².